The van der Waals surface area contributed by atoms with Crippen molar-refractivity contribution in [3.8, 4) is 17.7 Å². The number of ether oxygens (including phenoxy) is 1. The first-order chi connectivity index (χ1) is 12.9. The summed E-state index contributed by atoms with van der Waals surface area (Å²) in [6.45, 7) is 4.16. The Balaban J connectivity index is 1.49. The molecule has 2 aromatic heterocycles. The molecular weight excluding hydrogens is 342 g/mol. The van der Waals surface area contributed by atoms with Crippen LogP contribution in [-0.4, -0.2) is 41.1 Å². The first-order valence-electron chi connectivity index (χ1n) is 9.05. The summed E-state index contributed by atoms with van der Waals surface area (Å²) in [6.07, 6.45) is 3.63. The monoisotopic (exact) mass is 363 g/mol. The van der Waals surface area contributed by atoms with Gasteiger partial charge in [0, 0.05) is 22.9 Å². The summed E-state index contributed by atoms with van der Waals surface area (Å²) in [5.74, 6) is 6.84. The van der Waals surface area contributed by atoms with Gasteiger partial charge in [0.2, 0.25) is 5.88 Å². The molecule has 1 fully saturated rings. The van der Waals surface area contributed by atoms with Crippen LogP contribution in [0.1, 0.15) is 30.5 Å². The van der Waals surface area contributed by atoms with Gasteiger partial charge in [0.25, 0.3) is 0 Å². The first-order valence-corrected chi connectivity index (χ1v) is 9.99. The average Bonchev–Trinajstić information content (AvgIpc) is 3.35. The van der Waals surface area contributed by atoms with E-state index in [9.17, 15) is 0 Å². The maximum absolute atomic E-state index is 5.96. The Labute approximate surface area is 157 Å². The topological polar surface area (TPSA) is 38.3 Å². The van der Waals surface area contributed by atoms with Crippen molar-refractivity contribution in [3.05, 3.63) is 52.3 Å². The van der Waals surface area contributed by atoms with Crippen LogP contribution in [0.25, 0.3) is 11.0 Å². The van der Waals surface area contributed by atoms with Gasteiger partial charge in [-0.2, -0.15) is 0 Å². The van der Waals surface area contributed by atoms with Crippen molar-refractivity contribution in [2.24, 2.45) is 0 Å². The summed E-state index contributed by atoms with van der Waals surface area (Å²) < 4.78 is 5.96. The van der Waals surface area contributed by atoms with Crippen LogP contribution in [-0.2, 0) is 0 Å². The van der Waals surface area contributed by atoms with Crippen molar-refractivity contribution in [2.45, 2.75) is 19.3 Å². The van der Waals surface area contributed by atoms with Crippen LogP contribution in [0.15, 0.2) is 41.1 Å². The SMILES string of the molecule is C(#Cc1nc2cscc2nc1OCCCN1CCCC1)c1ccccc1. The molecule has 3 heterocycles. The third-order valence-corrected chi connectivity index (χ3v) is 5.15. The van der Waals surface area contributed by atoms with Crippen LogP contribution >= 0.6 is 11.3 Å². The quantitative estimate of drug-likeness (QED) is 0.508. The number of nitrogens with zero attached hydrogens (tertiary/aromatic N) is 3. The Morgan fingerprint density at radius 3 is 2.58 bits per heavy atom. The number of benzene rings is 1. The molecular formula is C21H21N3OS. The standard InChI is InChI=1S/C21H21N3OS/c1-2-7-17(8-3-1)9-10-18-21(23-20-16-26-15-19(20)22-18)25-14-6-13-24-11-4-5-12-24/h1-3,7-8,15-16H,4-6,11-14H2. The molecule has 0 amide bonds. The number of likely N-dealkylation sites (tertiary alicyclic amines) is 1. The minimum absolute atomic E-state index is 0.542. The second-order valence-corrected chi connectivity index (χ2v) is 7.13. The number of fused-ring (bicyclic) bond motifs is 1. The fourth-order valence-electron chi connectivity index (χ4n) is 3.08. The normalized spacial score (nSPS) is 14.3. The number of aromatic nitrogens is 2. The Bertz CT molecular complexity index is 921. The lowest BCUT2D eigenvalue weighted by Gasteiger charge is -2.14. The summed E-state index contributed by atoms with van der Waals surface area (Å²) in [5, 5.41) is 3.99. The molecule has 1 aromatic carbocycles. The highest BCUT2D eigenvalue weighted by molar-refractivity contribution is 7.09. The molecule has 1 aliphatic rings. The van der Waals surface area contributed by atoms with Crippen molar-refractivity contribution in [3.63, 3.8) is 0 Å². The van der Waals surface area contributed by atoms with Gasteiger partial charge in [0.1, 0.15) is 11.0 Å². The van der Waals surface area contributed by atoms with Gasteiger partial charge in [-0.3, -0.25) is 0 Å². The predicted octanol–water partition coefficient (Wildman–Crippen LogP) is 3.96. The molecule has 1 aliphatic heterocycles. The molecule has 0 N–H and O–H groups in total. The Hall–Kier alpha value is -2.42. The van der Waals surface area contributed by atoms with Crippen LogP contribution in [0.4, 0.5) is 0 Å². The lowest BCUT2D eigenvalue weighted by Crippen LogP contribution is -2.22. The van der Waals surface area contributed by atoms with E-state index in [4.69, 9.17) is 4.74 Å². The zero-order chi connectivity index (χ0) is 17.6. The van der Waals surface area contributed by atoms with E-state index >= 15 is 0 Å². The Kier molecular flexibility index (Phi) is 5.44. The zero-order valence-electron chi connectivity index (χ0n) is 14.6. The summed E-state index contributed by atoms with van der Waals surface area (Å²) in [7, 11) is 0. The zero-order valence-corrected chi connectivity index (χ0v) is 15.5. The Morgan fingerprint density at radius 2 is 1.77 bits per heavy atom. The molecule has 4 rings (SSSR count). The highest BCUT2D eigenvalue weighted by Crippen LogP contribution is 2.21. The molecule has 0 bridgehead atoms. The van der Waals surface area contributed by atoms with Crippen molar-refractivity contribution < 1.29 is 4.74 Å². The van der Waals surface area contributed by atoms with Crippen LogP contribution in [0, 0.1) is 11.8 Å². The van der Waals surface area contributed by atoms with Gasteiger partial charge >= 0.3 is 0 Å². The summed E-state index contributed by atoms with van der Waals surface area (Å²) in [6, 6.07) is 9.92. The lowest BCUT2D eigenvalue weighted by atomic mass is 10.2. The van der Waals surface area contributed by atoms with E-state index in [-0.39, 0.29) is 0 Å². The van der Waals surface area contributed by atoms with Crippen molar-refractivity contribution >= 4 is 22.4 Å². The third kappa shape index (κ3) is 4.21. The number of rotatable bonds is 5. The molecule has 0 radical (unpaired) electrons. The van der Waals surface area contributed by atoms with Gasteiger partial charge in [-0.1, -0.05) is 24.1 Å². The van der Waals surface area contributed by atoms with Gasteiger partial charge < -0.3 is 9.64 Å². The van der Waals surface area contributed by atoms with E-state index in [0.29, 0.717) is 18.2 Å². The van der Waals surface area contributed by atoms with Gasteiger partial charge in [-0.05, 0) is 50.4 Å². The molecule has 3 aromatic rings. The van der Waals surface area contributed by atoms with E-state index < -0.39 is 0 Å². The lowest BCUT2D eigenvalue weighted by molar-refractivity contribution is 0.256. The molecule has 4 nitrogen and oxygen atoms in total. The van der Waals surface area contributed by atoms with Crippen molar-refractivity contribution in [2.75, 3.05) is 26.2 Å². The van der Waals surface area contributed by atoms with Crippen molar-refractivity contribution in [1.82, 2.24) is 14.9 Å². The number of thiophene rings is 1. The minimum atomic E-state index is 0.542. The van der Waals surface area contributed by atoms with Gasteiger partial charge in [-0.25, -0.2) is 9.97 Å². The smallest absolute Gasteiger partial charge is 0.249 e. The van der Waals surface area contributed by atoms with Crippen LogP contribution < -0.4 is 4.74 Å². The fourth-order valence-corrected chi connectivity index (χ4v) is 3.75. The van der Waals surface area contributed by atoms with E-state index in [0.717, 1.165) is 29.6 Å². The van der Waals surface area contributed by atoms with E-state index in [1.165, 1.54) is 25.9 Å². The van der Waals surface area contributed by atoms with Crippen LogP contribution in [0.2, 0.25) is 0 Å². The maximum Gasteiger partial charge on any atom is 0.249 e. The van der Waals surface area contributed by atoms with E-state index in [2.05, 4.69) is 26.7 Å². The highest BCUT2D eigenvalue weighted by Gasteiger charge is 2.12. The molecule has 1 saturated heterocycles. The van der Waals surface area contributed by atoms with E-state index in [1.54, 1.807) is 11.3 Å². The molecule has 0 unspecified atom stereocenters. The maximum atomic E-state index is 5.96. The third-order valence-electron chi connectivity index (χ3n) is 4.43. The molecule has 26 heavy (non-hydrogen) atoms. The Morgan fingerprint density at radius 1 is 1.00 bits per heavy atom. The largest absolute Gasteiger partial charge is 0.476 e. The van der Waals surface area contributed by atoms with Gasteiger partial charge in [0.05, 0.1) is 6.61 Å². The fraction of sp³-hybridized carbons (Fsp3) is 0.333. The average molecular weight is 363 g/mol. The summed E-state index contributed by atoms with van der Waals surface area (Å²) in [5.41, 5.74) is 3.31. The summed E-state index contributed by atoms with van der Waals surface area (Å²) in [4.78, 5) is 11.8. The number of hydrogen-bond donors (Lipinski definition) is 0. The first kappa shape index (κ1) is 17.0. The van der Waals surface area contributed by atoms with Crippen molar-refractivity contribution in [1.29, 1.82) is 0 Å². The second kappa shape index (κ2) is 8.31. The molecule has 0 saturated carbocycles. The van der Waals surface area contributed by atoms with Crippen LogP contribution in [0.3, 0.4) is 0 Å². The summed E-state index contributed by atoms with van der Waals surface area (Å²) >= 11 is 1.59. The minimum Gasteiger partial charge on any atom is -0.476 e. The second-order valence-electron chi connectivity index (χ2n) is 6.39. The van der Waals surface area contributed by atoms with Gasteiger partial charge in [-0.15, -0.1) is 11.3 Å². The van der Waals surface area contributed by atoms with Crippen LogP contribution in [0.5, 0.6) is 5.88 Å². The molecule has 5 heteroatoms. The number of hydrogen-bond acceptors (Lipinski definition) is 5. The predicted molar refractivity (Wildman–Crippen MR) is 106 cm³/mol. The molecule has 0 aliphatic carbocycles. The van der Waals surface area contributed by atoms with E-state index in [1.807, 2.05) is 41.1 Å². The molecule has 0 atom stereocenters. The highest BCUT2D eigenvalue weighted by atomic mass is 32.1. The molecule has 132 valence electrons. The van der Waals surface area contributed by atoms with Gasteiger partial charge in [0.15, 0.2) is 5.69 Å². The molecule has 0 spiro atoms.